The van der Waals surface area contributed by atoms with Crippen LogP contribution >= 0.6 is 0 Å². The average Bonchev–Trinajstić information content (AvgIpc) is 2.48. The predicted octanol–water partition coefficient (Wildman–Crippen LogP) is 2.25. The van der Waals surface area contributed by atoms with Gasteiger partial charge in [-0.15, -0.1) is 0 Å². The number of nitrogens with one attached hydrogen (secondary N) is 1. The van der Waals surface area contributed by atoms with E-state index >= 15 is 0 Å². The van der Waals surface area contributed by atoms with Gasteiger partial charge in [-0.25, -0.2) is 8.78 Å². The van der Waals surface area contributed by atoms with Crippen molar-refractivity contribution in [3.63, 3.8) is 0 Å². The van der Waals surface area contributed by atoms with E-state index in [1.165, 1.54) is 6.07 Å². The Kier molecular flexibility index (Phi) is 4.84. The van der Waals surface area contributed by atoms with Gasteiger partial charge in [0.2, 0.25) is 5.91 Å². The van der Waals surface area contributed by atoms with Crippen LogP contribution in [0.5, 0.6) is 0 Å². The first-order valence-electron chi connectivity index (χ1n) is 7.17. The molecule has 23 heavy (non-hydrogen) atoms. The number of rotatable bonds is 3. The lowest BCUT2D eigenvalue weighted by atomic mass is 10.1. The van der Waals surface area contributed by atoms with Gasteiger partial charge >= 0.3 is 0 Å². The Morgan fingerprint density at radius 3 is 2.70 bits per heavy atom. The number of nitrogens with zero attached hydrogens (tertiary/aromatic N) is 1. The van der Waals surface area contributed by atoms with Gasteiger partial charge in [0.05, 0.1) is 16.5 Å². The van der Waals surface area contributed by atoms with Gasteiger partial charge < -0.3 is 11.1 Å². The van der Waals surface area contributed by atoms with E-state index in [4.69, 9.17) is 5.73 Å². The SMILES string of the molecule is CCC(=O)Nc1cc(F)c(F)c(C2CS(=O)C(C)(C)C(N)=N2)c1. The van der Waals surface area contributed by atoms with E-state index in [0.717, 1.165) is 6.07 Å². The van der Waals surface area contributed by atoms with Crippen LogP contribution in [0.4, 0.5) is 14.5 Å². The van der Waals surface area contributed by atoms with Crippen LogP contribution in [0.2, 0.25) is 0 Å². The van der Waals surface area contributed by atoms with Crippen LogP contribution < -0.4 is 11.1 Å². The third kappa shape index (κ3) is 3.41. The first kappa shape index (κ1) is 17.5. The lowest BCUT2D eigenvalue weighted by Gasteiger charge is -2.31. The number of anilines is 1. The number of carbonyl (C=O) groups excluding carboxylic acids is 1. The summed E-state index contributed by atoms with van der Waals surface area (Å²) < 4.78 is 39.4. The van der Waals surface area contributed by atoms with Crippen molar-refractivity contribution in [3.8, 4) is 0 Å². The number of hydrogen-bond acceptors (Lipinski definition) is 4. The highest BCUT2D eigenvalue weighted by atomic mass is 32.2. The summed E-state index contributed by atoms with van der Waals surface area (Å²) in [4.78, 5) is 15.6. The Morgan fingerprint density at radius 2 is 2.13 bits per heavy atom. The second-order valence-corrected chi connectivity index (χ2v) is 7.86. The summed E-state index contributed by atoms with van der Waals surface area (Å²) in [5.74, 6) is -2.32. The first-order valence-corrected chi connectivity index (χ1v) is 8.49. The van der Waals surface area contributed by atoms with E-state index in [9.17, 15) is 17.8 Å². The van der Waals surface area contributed by atoms with Gasteiger partial charge in [0, 0.05) is 34.5 Å². The molecule has 2 unspecified atom stereocenters. The number of carbonyl (C=O) groups is 1. The summed E-state index contributed by atoms with van der Waals surface area (Å²) in [5.41, 5.74) is 5.90. The summed E-state index contributed by atoms with van der Waals surface area (Å²) in [6, 6.07) is 1.36. The number of nitrogens with two attached hydrogens (primary N) is 1. The first-order chi connectivity index (χ1) is 10.7. The van der Waals surface area contributed by atoms with E-state index in [2.05, 4.69) is 10.3 Å². The van der Waals surface area contributed by atoms with E-state index < -0.39 is 33.2 Å². The number of benzene rings is 1. The van der Waals surface area contributed by atoms with Crippen LogP contribution in [-0.2, 0) is 15.6 Å². The topological polar surface area (TPSA) is 84.5 Å². The third-order valence-electron chi connectivity index (χ3n) is 3.81. The number of aliphatic imine (C=N–C) groups is 1. The molecule has 5 nitrogen and oxygen atoms in total. The number of hydrogen-bond donors (Lipinski definition) is 2. The van der Waals surface area contributed by atoms with Crippen molar-refractivity contribution in [2.24, 2.45) is 10.7 Å². The minimum Gasteiger partial charge on any atom is -0.386 e. The maximum Gasteiger partial charge on any atom is 0.224 e. The summed E-state index contributed by atoms with van der Waals surface area (Å²) in [7, 11) is -1.38. The predicted molar refractivity (Wildman–Crippen MR) is 86.7 cm³/mol. The highest BCUT2D eigenvalue weighted by Gasteiger charge is 2.38. The molecule has 3 N–H and O–H groups in total. The lowest BCUT2D eigenvalue weighted by Crippen LogP contribution is -2.47. The number of amidine groups is 1. The van der Waals surface area contributed by atoms with E-state index in [0.29, 0.717) is 0 Å². The molecule has 1 aromatic rings. The van der Waals surface area contributed by atoms with Crippen molar-refractivity contribution in [3.05, 3.63) is 29.3 Å². The molecule has 0 saturated heterocycles. The molecule has 8 heteroatoms. The van der Waals surface area contributed by atoms with E-state index in [1.807, 2.05) is 0 Å². The minimum atomic E-state index is -1.38. The van der Waals surface area contributed by atoms with Crippen LogP contribution in [0, 0.1) is 11.6 Å². The third-order valence-corrected chi connectivity index (χ3v) is 5.78. The average molecular weight is 343 g/mol. The van der Waals surface area contributed by atoms with E-state index in [-0.39, 0.29) is 35.2 Å². The molecule has 1 aliphatic rings. The maximum atomic E-state index is 14.1. The molecule has 126 valence electrons. The second-order valence-electron chi connectivity index (χ2n) is 5.82. The number of amides is 1. The molecule has 0 spiro atoms. The molecule has 1 aliphatic heterocycles. The summed E-state index contributed by atoms with van der Waals surface area (Å²) in [6.07, 6.45) is 0.209. The Bertz CT molecular complexity index is 704. The molecule has 0 bridgehead atoms. The normalized spacial score (nSPS) is 23.3. The Labute approximate surface area is 135 Å². The van der Waals surface area contributed by atoms with Crippen LogP contribution in [0.1, 0.15) is 38.8 Å². The van der Waals surface area contributed by atoms with Crippen LogP contribution in [0.25, 0.3) is 0 Å². The Hall–Kier alpha value is -1.83. The van der Waals surface area contributed by atoms with Gasteiger partial charge in [-0.1, -0.05) is 6.92 Å². The maximum absolute atomic E-state index is 14.1. The smallest absolute Gasteiger partial charge is 0.224 e. The highest BCUT2D eigenvalue weighted by Crippen LogP contribution is 2.33. The molecular formula is C15H19F2N3O2S. The van der Waals surface area contributed by atoms with Crippen molar-refractivity contribution in [2.75, 3.05) is 11.1 Å². The standard InChI is InChI=1S/C15H19F2N3O2S/c1-4-12(21)19-8-5-9(13(17)10(16)6-8)11-7-23(22)15(2,3)14(18)20-11/h5-6,11H,4,7H2,1-3H3,(H2,18,20)(H,19,21). The Balaban J connectivity index is 2.45. The van der Waals surface area contributed by atoms with Crippen LogP contribution in [-0.4, -0.2) is 26.5 Å². The molecule has 1 heterocycles. The highest BCUT2D eigenvalue weighted by molar-refractivity contribution is 7.87. The molecular weight excluding hydrogens is 324 g/mol. The summed E-state index contributed by atoms with van der Waals surface area (Å²) in [5, 5.41) is 2.48. The lowest BCUT2D eigenvalue weighted by molar-refractivity contribution is -0.115. The zero-order valence-electron chi connectivity index (χ0n) is 13.2. The van der Waals surface area contributed by atoms with Gasteiger partial charge in [-0.2, -0.15) is 0 Å². The molecule has 0 aliphatic carbocycles. The largest absolute Gasteiger partial charge is 0.386 e. The van der Waals surface area contributed by atoms with Crippen molar-refractivity contribution < 1.29 is 17.8 Å². The van der Waals surface area contributed by atoms with Gasteiger partial charge in [-0.05, 0) is 19.9 Å². The minimum absolute atomic E-state index is 0.0369. The van der Waals surface area contributed by atoms with Gasteiger partial charge in [0.25, 0.3) is 0 Å². The zero-order valence-corrected chi connectivity index (χ0v) is 14.0. The molecule has 2 rings (SSSR count). The van der Waals surface area contributed by atoms with Crippen molar-refractivity contribution in [1.29, 1.82) is 0 Å². The second kappa shape index (κ2) is 6.35. The molecule has 2 atom stereocenters. The fourth-order valence-electron chi connectivity index (χ4n) is 2.16. The monoisotopic (exact) mass is 343 g/mol. The fourth-order valence-corrected chi connectivity index (χ4v) is 3.41. The molecule has 0 radical (unpaired) electrons. The van der Waals surface area contributed by atoms with Gasteiger partial charge in [-0.3, -0.25) is 14.0 Å². The van der Waals surface area contributed by atoms with Crippen LogP contribution in [0.15, 0.2) is 17.1 Å². The molecule has 1 aromatic carbocycles. The van der Waals surface area contributed by atoms with Crippen molar-refractivity contribution in [1.82, 2.24) is 0 Å². The molecule has 0 saturated carbocycles. The number of halogens is 2. The van der Waals surface area contributed by atoms with Crippen molar-refractivity contribution >= 4 is 28.2 Å². The summed E-state index contributed by atoms with van der Waals surface area (Å²) >= 11 is 0. The molecule has 0 fully saturated rings. The molecule has 1 amide bonds. The molecule has 0 aromatic heterocycles. The zero-order chi connectivity index (χ0) is 17.4. The van der Waals surface area contributed by atoms with E-state index in [1.54, 1.807) is 20.8 Å². The summed E-state index contributed by atoms with van der Waals surface area (Å²) in [6.45, 7) is 5.02. The van der Waals surface area contributed by atoms with Crippen LogP contribution in [0.3, 0.4) is 0 Å². The van der Waals surface area contributed by atoms with Gasteiger partial charge in [0.1, 0.15) is 5.84 Å². The quantitative estimate of drug-likeness (QED) is 0.883. The Morgan fingerprint density at radius 1 is 1.48 bits per heavy atom. The van der Waals surface area contributed by atoms with Crippen molar-refractivity contribution in [2.45, 2.75) is 38.0 Å². The fraction of sp³-hybridized carbons (Fsp3) is 0.467. The van der Waals surface area contributed by atoms with Gasteiger partial charge in [0.15, 0.2) is 11.6 Å².